The van der Waals surface area contributed by atoms with Crippen molar-refractivity contribution in [2.45, 2.75) is 12.3 Å². The lowest BCUT2D eigenvalue weighted by Crippen LogP contribution is -2.23. The second-order valence-corrected chi connectivity index (χ2v) is 6.16. The number of carbonyl (C=O) groups excluding carboxylic acids is 1. The molecule has 2 aliphatic rings. The van der Waals surface area contributed by atoms with Crippen molar-refractivity contribution in [3.05, 3.63) is 41.6 Å². The zero-order valence-corrected chi connectivity index (χ0v) is 13.5. The Morgan fingerprint density at radius 3 is 3.04 bits per heavy atom. The molecule has 0 saturated heterocycles. The maximum absolute atomic E-state index is 12.2. The molecule has 3 aromatic rings. The molecule has 2 aromatic carbocycles. The molecule has 25 heavy (non-hydrogen) atoms. The number of fused-ring (bicyclic) bond motifs is 3. The zero-order chi connectivity index (χ0) is 17.0. The zero-order valence-electron chi connectivity index (χ0n) is 13.5. The van der Waals surface area contributed by atoms with Crippen LogP contribution >= 0.6 is 0 Å². The lowest BCUT2D eigenvalue weighted by molar-refractivity contribution is -0.116. The quantitative estimate of drug-likeness (QED) is 0.751. The average molecular weight is 337 g/mol. The highest BCUT2D eigenvalue weighted by Gasteiger charge is 2.30. The van der Waals surface area contributed by atoms with Crippen LogP contribution in [0.15, 0.2) is 30.5 Å². The van der Waals surface area contributed by atoms with Gasteiger partial charge < -0.3 is 19.5 Å². The lowest BCUT2D eigenvalue weighted by atomic mass is 9.84. The molecule has 126 valence electrons. The number of rotatable bonds is 2. The van der Waals surface area contributed by atoms with E-state index in [9.17, 15) is 4.79 Å². The molecule has 5 rings (SSSR count). The number of amides is 1. The van der Waals surface area contributed by atoms with Crippen LogP contribution in [-0.2, 0) is 4.79 Å². The first kappa shape index (κ1) is 14.2. The molecule has 0 aliphatic carbocycles. The fourth-order valence-electron chi connectivity index (χ4n) is 3.55. The molecular weight excluding hydrogens is 322 g/mol. The summed E-state index contributed by atoms with van der Waals surface area (Å²) in [5.41, 5.74) is 3.70. The summed E-state index contributed by atoms with van der Waals surface area (Å²) in [5, 5.41) is 11.0. The van der Waals surface area contributed by atoms with E-state index in [0.29, 0.717) is 23.7 Å². The Morgan fingerprint density at radius 1 is 1.24 bits per heavy atom. The van der Waals surface area contributed by atoms with Gasteiger partial charge in [0, 0.05) is 23.4 Å². The Morgan fingerprint density at radius 2 is 2.16 bits per heavy atom. The van der Waals surface area contributed by atoms with Gasteiger partial charge in [0.1, 0.15) is 0 Å². The number of carbonyl (C=O) groups is 1. The number of ether oxygens (including phenoxy) is 3. The highest BCUT2D eigenvalue weighted by Crippen LogP contribution is 2.46. The molecule has 1 amide bonds. The van der Waals surface area contributed by atoms with Gasteiger partial charge in [0.15, 0.2) is 11.5 Å². The van der Waals surface area contributed by atoms with Crippen LogP contribution < -0.4 is 19.5 Å². The van der Waals surface area contributed by atoms with Crippen molar-refractivity contribution >= 4 is 22.5 Å². The predicted octanol–water partition coefficient (Wildman–Crippen LogP) is 2.77. The number of hydrogen-bond donors (Lipinski definition) is 2. The number of anilines is 1. The highest BCUT2D eigenvalue weighted by molar-refractivity contribution is 5.98. The number of benzene rings is 2. The number of methoxy groups -OCH3 is 1. The largest absolute Gasteiger partial charge is 0.493 e. The highest BCUT2D eigenvalue weighted by atomic mass is 16.7. The number of aromatic nitrogens is 2. The third kappa shape index (κ3) is 2.12. The number of aromatic amines is 1. The Labute approximate surface area is 142 Å². The summed E-state index contributed by atoms with van der Waals surface area (Å²) in [6, 6.07) is 7.83. The first-order valence-electron chi connectivity index (χ1n) is 7.97. The fraction of sp³-hybridized carbons (Fsp3) is 0.222. The van der Waals surface area contributed by atoms with Crippen LogP contribution in [0, 0.1) is 0 Å². The van der Waals surface area contributed by atoms with Crippen LogP contribution in [0.25, 0.3) is 10.9 Å². The molecule has 3 heterocycles. The standard InChI is InChI=1S/C18H15N3O4/c1-23-15-3-9(4-16-18(15)25-8-24-16)11-5-17(22)20-14-6-13-10(2-12(11)14)7-19-21-13/h2-4,6-7,11H,5,8H2,1H3,(H,19,21)(H,20,22)/t11-/m0/s1. The maximum Gasteiger partial charge on any atom is 0.231 e. The molecule has 7 heteroatoms. The molecule has 2 aliphatic heterocycles. The fourth-order valence-corrected chi connectivity index (χ4v) is 3.55. The molecule has 0 spiro atoms. The average Bonchev–Trinajstić information content (AvgIpc) is 3.26. The van der Waals surface area contributed by atoms with Crippen LogP contribution in [0.1, 0.15) is 23.5 Å². The summed E-state index contributed by atoms with van der Waals surface area (Å²) in [6.45, 7) is 0.173. The van der Waals surface area contributed by atoms with E-state index in [1.807, 2.05) is 18.2 Å². The van der Waals surface area contributed by atoms with Gasteiger partial charge in [0.2, 0.25) is 18.4 Å². The van der Waals surface area contributed by atoms with E-state index >= 15 is 0 Å². The van der Waals surface area contributed by atoms with Crippen molar-refractivity contribution in [2.24, 2.45) is 0 Å². The van der Waals surface area contributed by atoms with Gasteiger partial charge >= 0.3 is 0 Å². The maximum atomic E-state index is 12.2. The summed E-state index contributed by atoms with van der Waals surface area (Å²) in [4.78, 5) is 12.2. The molecule has 0 unspecified atom stereocenters. The van der Waals surface area contributed by atoms with E-state index in [0.717, 1.165) is 27.7 Å². The minimum atomic E-state index is -0.0913. The molecule has 0 fully saturated rings. The number of nitrogens with zero attached hydrogens (tertiary/aromatic N) is 1. The molecule has 0 saturated carbocycles. The van der Waals surface area contributed by atoms with E-state index in [1.54, 1.807) is 13.3 Å². The van der Waals surface area contributed by atoms with Gasteiger partial charge in [0.25, 0.3) is 0 Å². The normalized spacial score (nSPS) is 18.1. The molecule has 1 aromatic heterocycles. The Bertz CT molecular complexity index is 1010. The van der Waals surface area contributed by atoms with Crippen LogP contribution in [0.2, 0.25) is 0 Å². The van der Waals surface area contributed by atoms with Gasteiger partial charge in [-0.1, -0.05) is 0 Å². The van der Waals surface area contributed by atoms with Crippen LogP contribution in [-0.4, -0.2) is 30.0 Å². The van der Waals surface area contributed by atoms with E-state index in [4.69, 9.17) is 14.2 Å². The first-order valence-corrected chi connectivity index (χ1v) is 7.97. The van der Waals surface area contributed by atoms with Gasteiger partial charge in [-0.3, -0.25) is 9.89 Å². The Hall–Kier alpha value is -3.22. The van der Waals surface area contributed by atoms with Crippen molar-refractivity contribution in [1.82, 2.24) is 10.2 Å². The van der Waals surface area contributed by atoms with Gasteiger partial charge in [-0.15, -0.1) is 0 Å². The minimum Gasteiger partial charge on any atom is -0.493 e. The topological polar surface area (TPSA) is 85.5 Å². The summed E-state index contributed by atoms with van der Waals surface area (Å²) < 4.78 is 16.4. The smallest absolute Gasteiger partial charge is 0.231 e. The molecule has 7 nitrogen and oxygen atoms in total. The summed E-state index contributed by atoms with van der Waals surface area (Å²) in [7, 11) is 1.59. The van der Waals surface area contributed by atoms with Crippen molar-refractivity contribution in [3.8, 4) is 17.2 Å². The first-order chi connectivity index (χ1) is 12.2. The molecule has 1 atom stereocenters. The predicted molar refractivity (Wildman–Crippen MR) is 90.3 cm³/mol. The Balaban J connectivity index is 1.69. The summed E-state index contributed by atoms with van der Waals surface area (Å²) >= 11 is 0. The molecule has 2 N–H and O–H groups in total. The van der Waals surface area contributed by atoms with Crippen molar-refractivity contribution < 1.29 is 19.0 Å². The van der Waals surface area contributed by atoms with Gasteiger partial charge in [-0.25, -0.2) is 0 Å². The third-order valence-electron chi connectivity index (χ3n) is 4.73. The lowest BCUT2D eigenvalue weighted by Gasteiger charge is -2.26. The second kappa shape index (κ2) is 5.14. The van der Waals surface area contributed by atoms with Crippen molar-refractivity contribution in [3.63, 3.8) is 0 Å². The Kier molecular flexibility index (Phi) is 2.91. The van der Waals surface area contributed by atoms with E-state index in [2.05, 4.69) is 21.6 Å². The minimum absolute atomic E-state index is 0.0204. The van der Waals surface area contributed by atoms with E-state index in [1.165, 1.54) is 0 Å². The van der Waals surface area contributed by atoms with Gasteiger partial charge in [0.05, 0.1) is 18.8 Å². The van der Waals surface area contributed by atoms with E-state index < -0.39 is 0 Å². The number of nitrogens with one attached hydrogen (secondary N) is 2. The number of hydrogen-bond acceptors (Lipinski definition) is 5. The second-order valence-electron chi connectivity index (χ2n) is 6.16. The van der Waals surface area contributed by atoms with Crippen molar-refractivity contribution in [2.75, 3.05) is 19.2 Å². The summed E-state index contributed by atoms with van der Waals surface area (Å²) in [5.74, 6) is 1.75. The molecular formula is C18H15N3O4. The molecule has 0 bridgehead atoms. The van der Waals surface area contributed by atoms with Crippen LogP contribution in [0.5, 0.6) is 17.2 Å². The van der Waals surface area contributed by atoms with Crippen LogP contribution in [0.4, 0.5) is 5.69 Å². The number of H-pyrrole nitrogens is 1. The SMILES string of the molecule is COc1cc([C@@H]2CC(=O)Nc3cc4[nH]ncc4cc32)cc2c1OCO2. The van der Waals surface area contributed by atoms with Gasteiger partial charge in [-0.2, -0.15) is 5.10 Å². The van der Waals surface area contributed by atoms with Crippen molar-refractivity contribution in [1.29, 1.82) is 0 Å². The monoisotopic (exact) mass is 337 g/mol. The van der Waals surface area contributed by atoms with Crippen LogP contribution in [0.3, 0.4) is 0 Å². The third-order valence-corrected chi connectivity index (χ3v) is 4.73. The molecule has 0 radical (unpaired) electrons. The van der Waals surface area contributed by atoms with Gasteiger partial charge in [-0.05, 0) is 35.4 Å². The summed E-state index contributed by atoms with van der Waals surface area (Å²) in [6.07, 6.45) is 2.14. The van der Waals surface area contributed by atoms with E-state index in [-0.39, 0.29) is 18.6 Å².